The summed E-state index contributed by atoms with van der Waals surface area (Å²) < 4.78 is 5.33. The summed E-state index contributed by atoms with van der Waals surface area (Å²) in [6.45, 7) is 4.42. The highest BCUT2D eigenvalue weighted by atomic mass is 32.2. The van der Waals surface area contributed by atoms with E-state index < -0.39 is 12.0 Å². The maximum absolute atomic E-state index is 12.1. The van der Waals surface area contributed by atoms with Gasteiger partial charge in [-0.05, 0) is 13.8 Å². The van der Waals surface area contributed by atoms with Crippen molar-refractivity contribution >= 4 is 23.6 Å². The maximum atomic E-state index is 12.1. The summed E-state index contributed by atoms with van der Waals surface area (Å²) in [6.07, 6.45) is -0.200. The van der Waals surface area contributed by atoms with E-state index in [9.17, 15) is 9.59 Å². The summed E-state index contributed by atoms with van der Waals surface area (Å²) in [6, 6.07) is -0.738. The number of amides is 1. The van der Waals surface area contributed by atoms with Crippen LogP contribution in [0.4, 0.5) is 0 Å². The number of hydrogen-bond acceptors (Lipinski definition) is 5. The molecular formula is C11H20N2O4S. The first-order valence-electron chi connectivity index (χ1n) is 5.98. The van der Waals surface area contributed by atoms with E-state index in [4.69, 9.17) is 15.6 Å². The molecule has 0 aromatic carbocycles. The fourth-order valence-electron chi connectivity index (χ4n) is 1.96. The Bertz CT molecular complexity index is 313. The number of carboxylic acid groups (broad SMARTS) is 1. The summed E-state index contributed by atoms with van der Waals surface area (Å²) >= 11 is 1.47. The second-order valence-electron chi connectivity index (χ2n) is 4.10. The average molecular weight is 276 g/mol. The van der Waals surface area contributed by atoms with E-state index in [0.29, 0.717) is 12.4 Å². The molecule has 1 amide bonds. The predicted octanol–water partition coefficient (Wildman–Crippen LogP) is 0.115. The first kappa shape index (κ1) is 15.3. The molecule has 3 N–H and O–H groups in total. The van der Waals surface area contributed by atoms with Crippen molar-refractivity contribution in [2.45, 2.75) is 37.8 Å². The van der Waals surface area contributed by atoms with Crippen molar-refractivity contribution < 1.29 is 19.4 Å². The van der Waals surface area contributed by atoms with Crippen LogP contribution < -0.4 is 5.73 Å². The third kappa shape index (κ3) is 3.60. The molecule has 1 rings (SSSR count). The molecule has 0 aromatic rings. The normalized spacial score (nSPS) is 25.2. The lowest BCUT2D eigenvalue weighted by molar-refractivity contribution is -0.150. The van der Waals surface area contributed by atoms with Crippen molar-refractivity contribution in [3.8, 4) is 0 Å². The van der Waals surface area contributed by atoms with Crippen LogP contribution in [0.25, 0.3) is 0 Å². The molecule has 7 heteroatoms. The van der Waals surface area contributed by atoms with Gasteiger partial charge in [0.15, 0.2) is 0 Å². The van der Waals surface area contributed by atoms with Crippen LogP contribution in [0.15, 0.2) is 0 Å². The van der Waals surface area contributed by atoms with Crippen LogP contribution in [0.3, 0.4) is 0 Å². The van der Waals surface area contributed by atoms with Gasteiger partial charge in [-0.1, -0.05) is 0 Å². The minimum absolute atomic E-state index is 0.112. The van der Waals surface area contributed by atoms with Crippen molar-refractivity contribution in [3.63, 3.8) is 0 Å². The lowest BCUT2D eigenvalue weighted by atomic mass is 10.2. The fourth-order valence-corrected chi connectivity index (χ4v) is 3.15. The van der Waals surface area contributed by atoms with Crippen LogP contribution >= 0.6 is 11.8 Å². The van der Waals surface area contributed by atoms with Crippen LogP contribution in [0.2, 0.25) is 0 Å². The summed E-state index contributed by atoms with van der Waals surface area (Å²) in [7, 11) is 0. The van der Waals surface area contributed by atoms with Crippen LogP contribution in [0, 0.1) is 0 Å². The van der Waals surface area contributed by atoms with Gasteiger partial charge in [0, 0.05) is 18.9 Å². The number of carbonyl (C=O) groups excluding carboxylic acids is 1. The van der Waals surface area contributed by atoms with E-state index in [-0.39, 0.29) is 30.4 Å². The quantitative estimate of drug-likeness (QED) is 0.715. The number of carbonyl (C=O) groups is 2. The second kappa shape index (κ2) is 6.96. The summed E-state index contributed by atoms with van der Waals surface area (Å²) in [5.74, 6) is -0.728. The number of hydrogen-bond donors (Lipinski definition) is 2. The van der Waals surface area contributed by atoms with Gasteiger partial charge in [-0.25, -0.2) is 4.79 Å². The Kier molecular flexibility index (Phi) is 5.90. The van der Waals surface area contributed by atoms with Gasteiger partial charge < -0.3 is 20.5 Å². The molecule has 0 aromatic heterocycles. The highest BCUT2D eigenvalue weighted by molar-refractivity contribution is 8.00. The number of carboxylic acids is 1. The SMILES string of the molecule is CCOC(CN)CC(=O)N1C(C)SCC1C(=O)O. The summed E-state index contributed by atoms with van der Waals surface area (Å²) in [5.41, 5.74) is 5.52. The molecule has 0 bridgehead atoms. The van der Waals surface area contributed by atoms with Gasteiger partial charge >= 0.3 is 5.97 Å². The largest absolute Gasteiger partial charge is 0.480 e. The maximum Gasteiger partial charge on any atom is 0.327 e. The Morgan fingerprint density at radius 1 is 1.61 bits per heavy atom. The Balaban J connectivity index is 2.66. The molecule has 1 heterocycles. The molecule has 0 saturated carbocycles. The molecule has 0 radical (unpaired) electrons. The number of nitrogens with zero attached hydrogens (tertiary/aromatic N) is 1. The second-order valence-corrected chi connectivity index (χ2v) is 5.45. The van der Waals surface area contributed by atoms with Crippen LogP contribution in [0.5, 0.6) is 0 Å². The molecule has 104 valence electrons. The van der Waals surface area contributed by atoms with E-state index in [1.807, 2.05) is 13.8 Å². The van der Waals surface area contributed by atoms with Gasteiger partial charge in [0.2, 0.25) is 5.91 Å². The molecule has 1 saturated heterocycles. The third-order valence-corrected chi connectivity index (χ3v) is 4.08. The molecule has 3 unspecified atom stereocenters. The zero-order valence-electron chi connectivity index (χ0n) is 10.7. The van der Waals surface area contributed by atoms with Crippen molar-refractivity contribution in [2.75, 3.05) is 18.9 Å². The fraction of sp³-hybridized carbons (Fsp3) is 0.818. The van der Waals surface area contributed by atoms with E-state index in [1.165, 1.54) is 16.7 Å². The first-order chi connectivity index (χ1) is 8.51. The number of rotatable bonds is 6. The third-order valence-electron chi connectivity index (χ3n) is 2.86. The highest BCUT2D eigenvalue weighted by Crippen LogP contribution is 2.29. The van der Waals surface area contributed by atoms with Crippen molar-refractivity contribution in [3.05, 3.63) is 0 Å². The zero-order valence-corrected chi connectivity index (χ0v) is 11.5. The van der Waals surface area contributed by atoms with E-state index in [2.05, 4.69) is 0 Å². The average Bonchev–Trinajstić information content (AvgIpc) is 2.70. The summed E-state index contributed by atoms with van der Waals surface area (Å²) in [4.78, 5) is 24.6. The molecule has 1 aliphatic heterocycles. The number of ether oxygens (including phenoxy) is 1. The molecule has 1 aliphatic rings. The smallest absolute Gasteiger partial charge is 0.327 e. The Morgan fingerprint density at radius 3 is 2.78 bits per heavy atom. The lowest BCUT2D eigenvalue weighted by Crippen LogP contribution is -2.46. The number of thioether (sulfide) groups is 1. The Morgan fingerprint density at radius 2 is 2.28 bits per heavy atom. The van der Waals surface area contributed by atoms with Crippen LogP contribution in [-0.2, 0) is 14.3 Å². The van der Waals surface area contributed by atoms with E-state index in [0.717, 1.165) is 0 Å². The summed E-state index contributed by atoms with van der Waals surface area (Å²) in [5, 5.41) is 8.97. The van der Waals surface area contributed by atoms with Crippen LogP contribution in [-0.4, -0.2) is 58.3 Å². The van der Waals surface area contributed by atoms with E-state index in [1.54, 1.807) is 0 Å². The molecule has 6 nitrogen and oxygen atoms in total. The van der Waals surface area contributed by atoms with Gasteiger partial charge in [-0.3, -0.25) is 4.79 Å². The molecule has 0 spiro atoms. The monoisotopic (exact) mass is 276 g/mol. The zero-order chi connectivity index (χ0) is 13.7. The molecular weight excluding hydrogens is 256 g/mol. The predicted molar refractivity (Wildman–Crippen MR) is 69.3 cm³/mol. The van der Waals surface area contributed by atoms with Crippen molar-refractivity contribution in [1.82, 2.24) is 4.90 Å². The molecule has 3 atom stereocenters. The van der Waals surface area contributed by atoms with Gasteiger partial charge in [-0.2, -0.15) is 0 Å². The minimum atomic E-state index is -0.957. The van der Waals surface area contributed by atoms with Gasteiger partial charge in [-0.15, -0.1) is 11.8 Å². The molecule has 0 aliphatic carbocycles. The topological polar surface area (TPSA) is 92.9 Å². The number of nitrogens with two attached hydrogens (primary N) is 1. The van der Waals surface area contributed by atoms with Gasteiger partial charge in [0.05, 0.1) is 17.9 Å². The number of aliphatic carboxylic acids is 1. The first-order valence-corrected chi connectivity index (χ1v) is 7.03. The molecule has 1 fully saturated rings. The standard InChI is InChI=1S/C11H20N2O4S/c1-3-17-8(5-12)4-10(14)13-7(2)18-6-9(13)11(15)16/h7-9H,3-6,12H2,1-2H3,(H,15,16). The Hall–Kier alpha value is -0.790. The highest BCUT2D eigenvalue weighted by Gasteiger charge is 2.39. The lowest BCUT2D eigenvalue weighted by Gasteiger charge is -2.26. The minimum Gasteiger partial charge on any atom is -0.480 e. The van der Waals surface area contributed by atoms with Gasteiger partial charge in [0.25, 0.3) is 0 Å². The van der Waals surface area contributed by atoms with E-state index >= 15 is 0 Å². The van der Waals surface area contributed by atoms with Gasteiger partial charge in [0.1, 0.15) is 6.04 Å². The van der Waals surface area contributed by atoms with Crippen molar-refractivity contribution in [1.29, 1.82) is 0 Å². The molecule has 18 heavy (non-hydrogen) atoms. The van der Waals surface area contributed by atoms with Crippen molar-refractivity contribution in [2.24, 2.45) is 5.73 Å². The Labute approximate surface area is 111 Å². The van der Waals surface area contributed by atoms with Crippen LogP contribution in [0.1, 0.15) is 20.3 Å².